The van der Waals surface area contributed by atoms with E-state index < -0.39 is 11.4 Å². The van der Waals surface area contributed by atoms with Crippen LogP contribution in [0.5, 0.6) is 0 Å². The van der Waals surface area contributed by atoms with E-state index in [1.54, 1.807) is 6.20 Å². The van der Waals surface area contributed by atoms with E-state index in [0.717, 1.165) is 17.7 Å². The Morgan fingerprint density at radius 1 is 1.50 bits per heavy atom. The highest BCUT2D eigenvalue weighted by Gasteiger charge is 2.43. The van der Waals surface area contributed by atoms with Gasteiger partial charge in [0.25, 0.3) is 0 Å². The fourth-order valence-electron chi connectivity index (χ4n) is 2.40. The molecule has 0 bridgehead atoms. The van der Waals surface area contributed by atoms with Gasteiger partial charge in [0.15, 0.2) is 5.13 Å². The second-order valence-electron chi connectivity index (χ2n) is 4.79. The van der Waals surface area contributed by atoms with Crippen molar-refractivity contribution in [3.63, 3.8) is 0 Å². The Kier molecular flexibility index (Phi) is 3.65. The predicted molar refractivity (Wildman–Crippen MR) is 68.6 cm³/mol. The molecule has 1 aromatic rings. The number of hydrogen-bond acceptors (Lipinski definition) is 4. The molecule has 1 heterocycles. The van der Waals surface area contributed by atoms with E-state index in [9.17, 15) is 14.7 Å². The first kappa shape index (κ1) is 13.0. The van der Waals surface area contributed by atoms with Crippen LogP contribution in [0.2, 0.25) is 0 Å². The summed E-state index contributed by atoms with van der Waals surface area (Å²) < 4.78 is 0. The first-order valence-corrected chi connectivity index (χ1v) is 6.79. The number of aromatic nitrogens is 1. The number of nitrogens with zero attached hydrogens (tertiary/aromatic N) is 1. The van der Waals surface area contributed by atoms with Crippen molar-refractivity contribution in [2.24, 2.45) is 5.41 Å². The number of carboxylic acids is 1. The number of thiazole rings is 1. The molecule has 2 rings (SSSR count). The number of anilines is 1. The molecule has 0 atom stereocenters. The maximum Gasteiger partial charge on any atom is 0.310 e. The number of carbonyl (C=O) groups excluding carboxylic acids is 1. The maximum atomic E-state index is 11.9. The summed E-state index contributed by atoms with van der Waals surface area (Å²) in [7, 11) is 0. The molecule has 0 aliphatic heterocycles. The number of aliphatic carboxylic acids is 1. The lowest BCUT2D eigenvalue weighted by atomic mass is 9.82. The quantitative estimate of drug-likeness (QED) is 0.879. The lowest BCUT2D eigenvalue weighted by molar-refractivity contribution is -0.150. The van der Waals surface area contributed by atoms with E-state index in [4.69, 9.17) is 0 Å². The van der Waals surface area contributed by atoms with Gasteiger partial charge in [-0.1, -0.05) is 12.8 Å². The molecule has 1 fully saturated rings. The first-order chi connectivity index (χ1) is 8.52. The molecule has 1 aromatic heterocycles. The molecule has 18 heavy (non-hydrogen) atoms. The van der Waals surface area contributed by atoms with Gasteiger partial charge in [0.1, 0.15) is 0 Å². The monoisotopic (exact) mass is 268 g/mol. The van der Waals surface area contributed by atoms with Crippen molar-refractivity contribution in [3.05, 3.63) is 11.1 Å². The van der Waals surface area contributed by atoms with E-state index in [2.05, 4.69) is 10.3 Å². The first-order valence-electron chi connectivity index (χ1n) is 5.97. The maximum absolute atomic E-state index is 11.9. The van der Waals surface area contributed by atoms with Crippen LogP contribution in [-0.2, 0) is 9.59 Å². The van der Waals surface area contributed by atoms with Crippen molar-refractivity contribution in [3.8, 4) is 0 Å². The van der Waals surface area contributed by atoms with Gasteiger partial charge < -0.3 is 10.4 Å². The highest BCUT2D eigenvalue weighted by Crippen LogP contribution is 2.41. The van der Waals surface area contributed by atoms with Crippen molar-refractivity contribution in [2.45, 2.75) is 39.0 Å². The molecule has 2 N–H and O–H groups in total. The Morgan fingerprint density at radius 2 is 2.17 bits per heavy atom. The van der Waals surface area contributed by atoms with Gasteiger partial charge in [-0.25, -0.2) is 4.98 Å². The fourth-order valence-corrected chi connectivity index (χ4v) is 3.08. The van der Waals surface area contributed by atoms with Gasteiger partial charge in [-0.15, -0.1) is 11.3 Å². The number of carbonyl (C=O) groups is 2. The molecular formula is C12H16N2O3S. The molecule has 98 valence electrons. The molecule has 0 radical (unpaired) electrons. The Morgan fingerprint density at radius 3 is 2.67 bits per heavy atom. The predicted octanol–water partition coefficient (Wildman–Crippen LogP) is 2.43. The summed E-state index contributed by atoms with van der Waals surface area (Å²) in [5.74, 6) is -1.11. The lowest BCUT2D eigenvalue weighted by Crippen LogP contribution is -2.32. The highest BCUT2D eigenvalue weighted by atomic mass is 32.1. The topological polar surface area (TPSA) is 79.3 Å². The summed E-state index contributed by atoms with van der Waals surface area (Å²) in [6.45, 7) is 1.91. The normalized spacial score (nSPS) is 17.6. The van der Waals surface area contributed by atoms with Crippen molar-refractivity contribution in [1.29, 1.82) is 0 Å². The van der Waals surface area contributed by atoms with Crippen molar-refractivity contribution in [2.75, 3.05) is 5.32 Å². The van der Waals surface area contributed by atoms with Crippen LogP contribution in [-0.4, -0.2) is 22.0 Å². The number of aryl methyl sites for hydroxylation is 1. The summed E-state index contributed by atoms with van der Waals surface area (Å²) in [4.78, 5) is 28.3. The zero-order valence-corrected chi connectivity index (χ0v) is 11.0. The van der Waals surface area contributed by atoms with Crippen LogP contribution in [0.1, 0.15) is 37.0 Å². The van der Waals surface area contributed by atoms with Crippen LogP contribution in [0.25, 0.3) is 0 Å². The zero-order chi connectivity index (χ0) is 13.2. The van der Waals surface area contributed by atoms with Crippen LogP contribution in [0.3, 0.4) is 0 Å². The molecule has 0 saturated heterocycles. The van der Waals surface area contributed by atoms with Gasteiger partial charge >= 0.3 is 5.97 Å². The second-order valence-corrected chi connectivity index (χ2v) is 6.03. The standard InChI is InChI=1S/C12H16N2O3S/c1-8-7-13-11(18-8)14-9(15)6-12(10(16)17)4-2-3-5-12/h7H,2-6H2,1H3,(H,16,17)(H,13,14,15). The minimum atomic E-state index is -0.865. The van der Waals surface area contributed by atoms with Crippen LogP contribution in [0, 0.1) is 12.3 Å². The van der Waals surface area contributed by atoms with Crippen molar-refractivity contribution >= 4 is 28.3 Å². The van der Waals surface area contributed by atoms with E-state index in [1.807, 2.05) is 6.92 Å². The minimum absolute atomic E-state index is 0.0426. The van der Waals surface area contributed by atoms with Crippen LogP contribution >= 0.6 is 11.3 Å². The summed E-state index contributed by atoms with van der Waals surface area (Å²) in [5.41, 5.74) is -0.865. The molecule has 0 aromatic carbocycles. The smallest absolute Gasteiger partial charge is 0.310 e. The van der Waals surface area contributed by atoms with E-state index in [1.165, 1.54) is 11.3 Å². The lowest BCUT2D eigenvalue weighted by Gasteiger charge is -2.22. The molecule has 0 unspecified atom stereocenters. The Balaban J connectivity index is 1.99. The highest BCUT2D eigenvalue weighted by molar-refractivity contribution is 7.15. The molecule has 1 saturated carbocycles. The second kappa shape index (κ2) is 5.06. The SMILES string of the molecule is Cc1cnc(NC(=O)CC2(C(=O)O)CCCC2)s1. The Labute approximate surface area is 109 Å². The van der Waals surface area contributed by atoms with E-state index in [0.29, 0.717) is 18.0 Å². The summed E-state index contributed by atoms with van der Waals surface area (Å²) >= 11 is 1.39. The van der Waals surface area contributed by atoms with Crippen LogP contribution < -0.4 is 5.32 Å². The van der Waals surface area contributed by atoms with Crippen molar-refractivity contribution in [1.82, 2.24) is 4.98 Å². The molecule has 1 aliphatic carbocycles. The fraction of sp³-hybridized carbons (Fsp3) is 0.583. The molecule has 1 aliphatic rings. The average Bonchev–Trinajstić information content (AvgIpc) is 2.89. The van der Waals surface area contributed by atoms with E-state index >= 15 is 0 Å². The third-order valence-corrected chi connectivity index (χ3v) is 4.21. The summed E-state index contributed by atoms with van der Waals surface area (Å²) in [6.07, 6.45) is 4.68. The number of rotatable bonds is 4. The van der Waals surface area contributed by atoms with Gasteiger partial charge in [-0.2, -0.15) is 0 Å². The number of amides is 1. The minimum Gasteiger partial charge on any atom is -0.481 e. The number of hydrogen-bond donors (Lipinski definition) is 2. The largest absolute Gasteiger partial charge is 0.481 e. The van der Waals surface area contributed by atoms with Gasteiger partial charge in [0.2, 0.25) is 5.91 Å². The molecule has 1 amide bonds. The van der Waals surface area contributed by atoms with Gasteiger partial charge in [-0.05, 0) is 19.8 Å². The van der Waals surface area contributed by atoms with Crippen LogP contribution in [0.15, 0.2) is 6.20 Å². The zero-order valence-electron chi connectivity index (χ0n) is 10.2. The molecule has 0 spiro atoms. The van der Waals surface area contributed by atoms with Gasteiger partial charge in [-0.3, -0.25) is 9.59 Å². The summed E-state index contributed by atoms with van der Waals surface area (Å²) in [5, 5.41) is 12.5. The molecular weight excluding hydrogens is 252 g/mol. The molecule has 5 nitrogen and oxygen atoms in total. The Bertz CT molecular complexity index is 464. The van der Waals surface area contributed by atoms with Crippen LogP contribution in [0.4, 0.5) is 5.13 Å². The van der Waals surface area contributed by atoms with Gasteiger partial charge in [0.05, 0.1) is 5.41 Å². The average molecular weight is 268 g/mol. The van der Waals surface area contributed by atoms with E-state index in [-0.39, 0.29) is 12.3 Å². The number of nitrogens with one attached hydrogen (secondary N) is 1. The Hall–Kier alpha value is -1.43. The number of carboxylic acid groups (broad SMARTS) is 1. The molecule has 6 heteroatoms. The summed E-state index contributed by atoms with van der Waals surface area (Å²) in [6, 6.07) is 0. The van der Waals surface area contributed by atoms with Gasteiger partial charge in [0, 0.05) is 17.5 Å². The third-order valence-electron chi connectivity index (χ3n) is 3.38. The van der Waals surface area contributed by atoms with Crippen molar-refractivity contribution < 1.29 is 14.7 Å². The third kappa shape index (κ3) is 2.69.